The van der Waals surface area contributed by atoms with Crippen LogP contribution in [0.3, 0.4) is 0 Å². The fourth-order valence-electron chi connectivity index (χ4n) is 2.15. The van der Waals surface area contributed by atoms with E-state index in [0.717, 1.165) is 6.07 Å². The number of carbonyl (C=O) groups excluding carboxylic acids is 2. The van der Waals surface area contributed by atoms with Gasteiger partial charge in [0.15, 0.2) is 0 Å². The molecule has 0 aromatic heterocycles. The molecule has 0 heterocycles. The number of halogens is 1. The van der Waals surface area contributed by atoms with Crippen molar-refractivity contribution in [1.82, 2.24) is 10.9 Å². The molecule has 0 bridgehead atoms. The minimum absolute atomic E-state index is 0.00371. The van der Waals surface area contributed by atoms with Crippen LogP contribution < -0.4 is 20.3 Å². The second kappa shape index (κ2) is 8.71. The molecule has 0 aliphatic heterocycles. The lowest BCUT2D eigenvalue weighted by Gasteiger charge is -2.18. The summed E-state index contributed by atoms with van der Waals surface area (Å²) in [6, 6.07) is 10.2. The predicted molar refractivity (Wildman–Crippen MR) is 110 cm³/mol. The van der Waals surface area contributed by atoms with Crippen molar-refractivity contribution in [3.8, 4) is 5.75 Å². The van der Waals surface area contributed by atoms with Crippen LogP contribution in [-0.2, 0) is 14.8 Å². The smallest absolute Gasteiger partial charge is 0.269 e. The van der Waals surface area contributed by atoms with E-state index in [1.54, 1.807) is 39.0 Å². The number of hydrazine groups is 1. The van der Waals surface area contributed by atoms with Gasteiger partial charge in [-0.2, -0.15) is 0 Å². The number of rotatable bonds is 5. The zero-order valence-corrected chi connectivity index (χ0v) is 17.9. The highest BCUT2D eigenvalue weighted by atomic mass is 35.5. The van der Waals surface area contributed by atoms with Crippen LogP contribution in [0.15, 0.2) is 47.4 Å². The summed E-state index contributed by atoms with van der Waals surface area (Å²) >= 11 is 6.06. The molecular formula is C19H22ClN3O5S. The van der Waals surface area contributed by atoms with Gasteiger partial charge in [0.05, 0.1) is 17.8 Å². The molecule has 0 saturated heterocycles. The Bertz CT molecular complexity index is 1030. The van der Waals surface area contributed by atoms with Crippen molar-refractivity contribution >= 4 is 39.1 Å². The Morgan fingerprint density at radius 2 is 1.69 bits per heavy atom. The van der Waals surface area contributed by atoms with E-state index in [9.17, 15) is 18.0 Å². The number of methoxy groups -OCH3 is 1. The van der Waals surface area contributed by atoms with Crippen LogP contribution >= 0.6 is 11.6 Å². The fraction of sp³-hybridized carbons (Fsp3) is 0.263. The van der Waals surface area contributed by atoms with Gasteiger partial charge in [-0.3, -0.25) is 25.2 Å². The van der Waals surface area contributed by atoms with Crippen molar-refractivity contribution < 1.29 is 22.7 Å². The van der Waals surface area contributed by atoms with Crippen LogP contribution in [0.2, 0.25) is 5.02 Å². The van der Waals surface area contributed by atoms with Gasteiger partial charge in [0.25, 0.3) is 15.9 Å². The van der Waals surface area contributed by atoms with Crippen LogP contribution in [-0.4, -0.2) is 27.3 Å². The summed E-state index contributed by atoms with van der Waals surface area (Å²) in [5, 5.41) is -0.0670. The van der Waals surface area contributed by atoms with E-state index in [1.165, 1.54) is 25.3 Å². The monoisotopic (exact) mass is 439 g/mol. The third kappa shape index (κ3) is 5.61. The lowest BCUT2D eigenvalue weighted by molar-refractivity contribution is -0.129. The first-order valence-corrected chi connectivity index (χ1v) is 10.4. The van der Waals surface area contributed by atoms with E-state index in [2.05, 4.69) is 15.6 Å². The third-order valence-electron chi connectivity index (χ3n) is 3.80. The number of nitrogens with one attached hydrogen (secondary N) is 3. The molecule has 3 N–H and O–H groups in total. The van der Waals surface area contributed by atoms with Gasteiger partial charge in [-0.25, -0.2) is 8.42 Å². The molecule has 0 unspecified atom stereocenters. The summed E-state index contributed by atoms with van der Waals surface area (Å²) in [5.41, 5.74) is 4.07. The van der Waals surface area contributed by atoms with Crippen LogP contribution in [0.5, 0.6) is 5.75 Å². The number of hydrogen-bond acceptors (Lipinski definition) is 5. The number of amides is 2. The number of carbonyl (C=O) groups is 2. The molecule has 0 fully saturated rings. The SMILES string of the molecule is COc1ccccc1NS(=O)(=O)c1cc(C(=O)NNC(=O)C(C)(C)C)ccc1Cl. The minimum atomic E-state index is -4.12. The van der Waals surface area contributed by atoms with Crippen LogP contribution in [0.25, 0.3) is 0 Å². The molecule has 29 heavy (non-hydrogen) atoms. The van der Waals surface area contributed by atoms with Gasteiger partial charge < -0.3 is 4.74 Å². The maximum atomic E-state index is 12.8. The quantitative estimate of drug-likeness (QED) is 0.620. The number of benzene rings is 2. The van der Waals surface area contributed by atoms with E-state index in [4.69, 9.17) is 16.3 Å². The van der Waals surface area contributed by atoms with Gasteiger partial charge in [0, 0.05) is 11.0 Å². The Morgan fingerprint density at radius 1 is 1.03 bits per heavy atom. The Labute approximate surface area is 174 Å². The van der Waals surface area contributed by atoms with Crippen LogP contribution in [0, 0.1) is 5.41 Å². The van der Waals surface area contributed by atoms with Gasteiger partial charge in [-0.05, 0) is 30.3 Å². The highest BCUT2D eigenvalue weighted by Gasteiger charge is 2.24. The predicted octanol–water partition coefficient (Wildman–Crippen LogP) is 2.96. The van der Waals surface area contributed by atoms with E-state index in [0.29, 0.717) is 5.75 Å². The van der Waals surface area contributed by atoms with Crippen molar-refractivity contribution in [2.45, 2.75) is 25.7 Å². The summed E-state index contributed by atoms with van der Waals surface area (Å²) in [5.74, 6) is -0.760. The Balaban J connectivity index is 2.27. The lowest BCUT2D eigenvalue weighted by atomic mass is 9.96. The first-order chi connectivity index (χ1) is 13.5. The van der Waals surface area contributed by atoms with E-state index >= 15 is 0 Å². The largest absolute Gasteiger partial charge is 0.495 e. The van der Waals surface area contributed by atoms with Gasteiger partial charge in [-0.15, -0.1) is 0 Å². The number of ether oxygens (including phenoxy) is 1. The van der Waals surface area contributed by atoms with Crippen molar-refractivity contribution in [2.24, 2.45) is 5.41 Å². The summed E-state index contributed by atoms with van der Waals surface area (Å²) < 4.78 is 33.2. The number of hydrogen-bond donors (Lipinski definition) is 3. The Hall–Kier alpha value is -2.78. The molecule has 0 spiro atoms. The molecule has 0 radical (unpaired) electrons. The molecule has 0 aliphatic rings. The van der Waals surface area contributed by atoms with Crippen molar-refractivity contribution in [1.29, 1.82) is 0 Å². The highest BCUT2D eigenvalue weighted by molar-refractivity contribution is 7.92. The molecule has 2 amide bonds. The maximum Gasteiger partial charge on any atom is 0.269 e. The highest BCUT2D eigenvalue weighted by Crippen LogP contribution is 2.29. The molecule has 0 saturated carbocycles. The summed E-state index contributed by atoms with van der Waals surface area (Å²) in [7, 11) is -2.70. The molecule has 10 heteroatoms. The number of sulfonamides is 1. The minimum Gasteiger partial charge on any atom is -0.495 e. The van der Waals surface area contributed by atoms with E-state index in [-0.39, 0.29) is 21.2 Å². The van der Waals surface area contributed by atoms with Crippen LogP contribution in [0.4, 0.5) is 5.69 Å². The molecule has 2 aromatic rings. The zero-order valence-electron chi connectivity index (χ0n) is 16.4. The molecule has 2 rings (SSSR count). The third-order valence-corrected chi connectivity index (χ3v) is 5.65. The van der Waals surface area contributed by atoms with Crippen molar-refractivity contribution in [3.63, 3.8) is 0 Å². The summed E-state index contributed by atoms with van der Waals surface area (Å²) in [6.45, 7) is 5.06. The zero-order chi connectivity index (χ0) is 21.8. The first-order valence-electron chi connectivity index (χ1n) is 8.52. The average molecular weight is 440 g/mol. The van der Waals surface area contributed by atoms with Crippen molar-refractivity contribution in [3.05, 3.63) is 53.1 Å². The molecule has 0 atom stereocenters. The van der Waals surface area contributed by atoms with Crippen molar-refractivity contribution in [2.75, 3.05) is 11.8 Å². The Kier molecular flexibility index (Phi) is 6.76. The fourth-order valence-corrected chi connectivity index (χ4v) is 3.75. The first kappa shape index (κ1) is 22.5. The van der Waals surface area contributed by atoms with Gasteiger partial charge >= 0.3 is 0 Å². The second-order valence-electron chi connectivity index (χ2n) is 7.11. The number of anilines is 1. The topological polar surface area (TPSA) is 114 Å². The molecule has 0 aliphatic carbocycles. The van der Waals surface area contributed by atoms with E-state index < -0.39 is 27.3 Å². The van der Waals surface area contributed by atoms with Gasteiger partial charge in [0.2, 0.25) is 5.91 Å². The Morgan fingerprint density at radius 3 is 2.31 bits per heavy atom. The normalized spacial score (nSPS) is 11.5. The molecule has 2 aromatic carbocycles. The number of para-hydroxylation sites is 2. The molecule has 156 valence electrons. The maximum absolute atomic E-state index is 12.8. The standard InChI is InChI=1S/C19H22ClN3O5S/c1-19(2,3)18(25)22-21-17(24)12-9-10-13(20)16(11-12)29(26,27)23-14-7-5-6-8-15(14)28-4/h5-11,23H,1-4H3,(H,21,24)(H,22,25). The second-order valence-corrected chi connectivity index (χ2v) is 9.17. The van der Waals surface area contributed by atoms with Crippen LogP contribution in [0.1, 0.15) is 31.1 Å². The summed E-state index contributed by atoms with van der Waals surface area (Å²) in [4.78, 5) is 23.9. The van der Waals surface area contributed by atoms with E-state index in [1.807, 2.05) is 0 Å². The average Bonchev–Trinajstić information content (AvgIpc) is 2.65. The lowest BCUT2D eigenvalue weighted by Crippen LogP contribution is -2.46. The molecule has 8 nitrogen and oxygen atoms in total. The van der Waals surface area contributed by atoms with Gasteiger partial charge in [-0.1, -0.05) is 44.5 Å². The molecular weight excluding hydrogens is 418 g/mol. The van der Waals surface area contributed by atoms with Gasteiger partial charge in [0.1, 0.15) is 10.6 Å². The summed E-state index contributed by atoms with van der Waals surface area (Å²) in [6.07, 6.45) is 0.